The molecule has 0 radical (unpaired) electrons. The zero-order valence-corrected chi connectivity index (χ0v) is 13.0. The van der Waals surface area contributed by atoms with Crippen molar-refractivity contribution >= 4 is 23.3 Å². The quantitative estimate of drug-likeness (QED) is 0.914. The van der Waals surface area contributed by atoms with Crippen LogP contribution in [0.2, 0.25) is 0 Å². The van der Waals surface area contributed by atoms with Gasteiger partial charge >= 0.3 is 6.18 Å². The van der Waals surface area contributed by atoms with Gasteiger partial charge in [0.15, 0.2) is 0 Å². The largest absolute Gasteiger partial charge is 0.408 e. The van der Waals surface area contributed by atoms with Crippen molar-refractivity contribution in [2.45, 2.75) is 25.6 Å². The van der Waals surface area contributed by atoms with Crippen LogP contribution in [0.3, 0.4) is 0 Å². The van der Waals surface area contributed by atoms with Crippen LogP contribution < -0.4 is 10.2 Å². The van der Waals surface area contributed by atoms with Crippen molar-refractivity contribution in [1.29, 1.82) is 0 Å². The summed E-state index contributed by atoms with van der Waals surface area (Å²) in [5, 5.41) is 5.99. The molecule has 2 aromatic rings. The minimum absolute atomic E-state index is 0.00940. The minimum atomic E-state index is -4.41. The summed E-state index contributed by atoms with van der Waals surface area (Å²) in [6.07, 6.45) is 0.411. The van der Waals surface area contributed by atoms with Crippen molar-refractivity contribution < 1.29 is 22.8 Å². The lowest BCUT2D eigenvalue weighted by molar-refractivity contribution is -0.142. The smallest absolute Gasteiger partial charge is 0.311 e. The average Bonchev–Trinajstić information content (AvgIpc) is 3.15. The van der Waals surface area contributed by atoms with Gasteiger partial charge in [0.1, 0.15) is 12.4 Å². The lowest BCUT2D eigenvalue weighted by Gasteiger charge is -2.15. The Labute approximate surface area is 140 Å². The Bertz CT molecular complexity index is 785. The standard InChI is InChI=1S/C15H14F3N5O2/c16-15(17,18)9-22-8-10(6-20-22)14(25)21-12-4-3-11(7-19-12)23-5-1-2-13(23)24/h3-4,6-8H,1-2,5,9H2,(H,19,21,25). The monoisotopic (exact) mass is 353 g/mol. The van der Waals surface area contributed by atoms with Gasteiger partial charge in [-0.25, -0.2) is 4.98 Å². The van der Waals surface area contributed by atoms with E-state index in [1.807, 2.05) is 0 Å². The van der Waals surface area contributed by atoms with Gasteiger partial charge in [0.2, 0.25) is 5.91 Å². The highest BCUT2D eigenvalue weighted by atomic mass is 19.4. The number of amides is 2. The third kappa shape index (κ3) is 4.14. The van der Waals surface area contributed by atoms with E-state index in [9.17, 15) is 22.8 Å². The van der Waals surface area contributed by atoms with Gasteiger partial charge in [0.25, 0.3) is 5.91 Å². The van der Waals surface area contributed by atoms with Crippen LogP contribution >= 0.6 is 0 Å². The number of anilines is 2. The molecule has 0 bridgehead atoms. The Hall–Kier alpha value is -2.91. The Morgan fingerprint density at radius 2 is 2.08 bits per heavy atom. The van der Waals surface area contributed by atoms with Gasteiger partial charge in [-0.1, -0.05) is 0 Å². The van der Waals surface area contributed by atoms with E-state index < -0.39 is 18.6 Å². The van der Waals surface area contributed by atoms with Crippen molar-refractivity contribution in [2.24, 2.45) is 0 Å². The normalized spacial score (nSPS) is 14.8. The number of pyridine rings is 1. The molecule has 10 heteroatoms. The average molecular weight is 353 g/mol. The number of carbonyl (C=O) groups is 2. The molecule has 1 fully saturated rings. The minimum Gasteiger partial charge on any atom is -0.311 e. The predicted molar refractivity (Wildman–Crippen MR) is 82.1 cm³/mol. The van der Waals surface area contributed by atoms with E-state index >= 15 is 0 Å². The van der Waals surface area contributed by atoms with Crippen molar-refractivity contribution in [1.82, 2.24) is 14.8 Å². The summed E-state index contributed by atoms with van der Waals surface area (Å²) in [5.74, 6) is -0.370. The topological polar surface area (TPSA) is 80.1 Å². The first kappa shape index (κ1) is 16.9. The lowest BCUT2D eigenvalue weighted by atomic mass is 10.3. The summed E-state index contributed by atoms with van der Waals surface area (Å²) in [7, 11) is 0. The van der Waals surface area contributed by atoms with E-state index in [4.69, 9.17) is 0 Å². The predicted octanol–water partition coefficient (Wildman–Crippen LogP) is 2.22. The fourth-order valence-corrected chi connectivity index (χ4v) is 2.48. The maximum Gasteiger partial charge on any atom is 0.408 e. The first-order valence-corrected chi connectivity index (χ1v) is 7.49. The Morgan fingerprint density at radius 1 is 1.28 bits per heavy atom. The summed E-state index contributed by atoms with van der Waals surface area (Å²) in [6, 6.07) is 3.18. The first-order valence-electron chi connectivity index (χ1n) is 7.49. The highest BCUT2D eigenvalue weighted by Gasteiger charge is 2.28. The molecular weight excluding hydrogens is 339 g/mol. The molecule has 0 spiro atoms. The molecule has 1 aliphatic heterocycles. The van der Waals surface area contributed by atoms with Crippen molar-refractivity contribution in [3.8, 4) is 0 Å². The molecule has 3 heterocycles. The highest BCUT2D eigenvalue weighted by Crippen LogP contribution is 2.21. The fourth-order valence-electron chi connectivity index (χ4n) is 2.48. The van der Waals surface area contributed by atoms with Crippen LogP contribution in [-0.4, -0.2) is 39.3 Å². The second kappa shape index (κ2) is 6.54. The summed E-state index contributed by atoms with van der Waals surface area (Å²) < 4.78 is 37.5. The number of aromatic nitrogens is 3. The molecule has 0 saturated carbocycles. The SMILES string of the molecule is O=C(Nc1ccc(N2CCCC2=O)cn1)c1cnn(CC(F)(F)F)c1. The number of carbonyl (C=O) groups excluding carboxylic acids is 2. The molecule has 1 N–H and O–H groups in total. The molecule has 0 atom stereocenters. The number of rotatable bonds is 4. The number of hydrogen-bond acceptors (Lipinski definition) is 4. The zero-order chi connectivity index (χ0) is 18.0. The summed E-state index contributed by atoms with van der Waals surface area (Å²) in [6.45, 7) is -0.637. The second-order valence-corrected chi connectivity index (χ2v) is 5.55. The van der Waals surface area contributed by atoms with Gasteiger partial charge in [-0.3, -0.25) is 14.3 Å². The first-order chi connectivity index (χ1) is 11.8. The molecule has 1 saturated heterocycles. The third-order valence-electron chi connectivity index (χ3n) is 3.61. The summed E-state index contributed by atoms with van der Waals surface area (Å²) >= 11 is 0. The highest BCUT2D eigenvalue weighted by molar-refractivity contribution is 6.03. The summed E-state index contributed by atoms with van der Waals surface area (Å²) in [5.41, 5.74) is 0.628. The van der Waals surface area contributed by atoms with Crippen molar-refractivity contribution in [3.05, 3.63) is 36.3 Å². The molecular formula is C15H14F3N5O2. The number of nitrogens with one attached hydrogen (secondary N) is 1. The van der Waals surface area contributed by atoms with Gasteiger partial charge in [-0.2, -0.15) is 18.3 Å². The van der Waals surface area contributed by atoms with Crippen LogP contribution in [0.4, 0.5) is 24.7 Å². The van der Waals surface area contributed by atoms with E-state index in [-0.39, 0.29) is 17.3 Å². The fraction of sp³-hybridized carbons (Fsp3) is 0.333. The Morgan fingerprint density at radius 3 is 2.68 bits per heavy atom. The maximum atomic E-state index is 12.3. The van der Waals surface area contributed by atoms with Gasteiger partial charge in [0, 0.05) is 19.2 Å². The Kier molecular flexibility index (Phi) is 4.43. The van der Waals surface area contributed by atoms with E-state index in [1.54, 1.807) is 11.0 Å². The molecule has 0 unspecified atom stereocenters. The number of hydrogen-bond donors (Lipinski definition) is 1. The number of nitrogens with zero attached hydrogens (tertiary/aromatic N) is 4. The second-order valence-electron chi connectivity index (χ2n) is 5.55. The molecule has 132 valence electrons. The third-order valence-corrected chi connectivity index (χ3v) is 3.61. The molecule has 7 nitrogen and oxygen atoms in total. The summed E-state index contributed by atoms with van der Waals surface area (Å²) in [4.78, 5) is 29.4. The van der Waals surface area contributed by atoms with Crippen LogP contribution in [0.25, 0.3) is 0 Å². The van der Waals surface area contributed by atoms with Crippen molar-refractivity contribution in [3.63, 3.8) is 0 Å². The van der Waals surface area contributed by atoms with Gasteiger partial charge in [0.05, 0.1) is 23.6 Å². The van der Waals surface area contributed by atoms with Crippen LogP contribution in [-0.2, 0) is 11.3 Å². The molecule has 2 aromatic heterocycles. The molecule has 3 rings (SSSR count). The van der Waals surface area contributed by atoms with Gasteiger partial charge in [-0.15, -0.1) is 0 Å². The lowest BCUT2D eigenvalue weighted by Crippen LogP contribution is -2.23. The molecule has 1 aliphatic rings. The zero-order valence-electron chi connectivity index (χ0n) is 13.0. The molecule has 25 heavy (non-hydrogen) atoms. The van der Waals surface area contributed by atoms with Gasteiger partial charge < -0.3 is 10.2 Å². The van der Waals surface area contributed by atoms with Crippen LogP contribution in [0, 0.1) is 0 Å². The Balaban J connectivity index is 1.64. The van der Waals surface area contributed by atoms with E-state index in [0.717, 1.165) is 18.8 Å². The van der Waals surface area contributed by atoms with E-state index in [2.05, 4.69) is 15.4 Å². The molecule has 0 aromatic carbocycles. The van der Waals surface area contributed by atoms with Crippen molar-refractivity contribution in [2.75, 3.05) is 16.8 Å². The number of halogens is 3. The van der Waals surface area contributed by atoms with E-state index in [0.29, 0.717) is 23.3 Å². The number of alkyl halides is 3. The van der Waals surface area contributed by atoms with Crippen LogP contribution in [0.5, 0.6) is 0 Å². The molecule has 0 aliphatic carbocycles. The van der Waals surface area contributed by atoms with E-state index in [1.165, 1.54) is 12.3 Å². The van der Waals surface area contributed by atoms with Gasteiger partial charge in [-0.05, 0) is 18.6 Å². The maximum absolute atomic E-state index is 12.3. The molecule has 2 amide bonds. The van der Waals surface area contributed by atoms with Crippen LogP contribution in [0.1, 0.15) is 23.2 Å². The van der Waals surface area contributed by atoms with Crippen LogP contribution in [0.15, 0.2) is 30.7 Å².